The number of hydrogen-bond acceptors (Lipinski definition) is 3. The zero-order valence-electron chi connectivity index (χ0n) is 11.1. The zero-order valence-corrected chi connectivity index (χ0v) is 11.9. The minimum atomic E-state index is -0.745. The third-order valence-corrected chi connectivity index (χ3v) is 4.03. The number of aryl methyl sites for hydroxylation is 1. The molecule has 1 rings (SSSR count). The molecule has 0 aromatic heterocycles. The van der Waals surface area contributed by atoms with Crippen LogP contribution in [0, 0.1) is 12.8 Å². The highest BCUT2D eigenvalue weighted by Crippen LogP contribution is 2.20. The van der Waals surface area contributed by atoms with E-state index in [9.17, 15) is 4.79 Å². The van der Waals surface area contributed by atoms with Crippen LogP contribution in [0.2, 0.25) is 0 Å². The Morgan fingerprint density at radius 2 is 1.94 bits per heavy atom. The Morgan fingerprint density at radius 3 is 2.44 bits per heavy atom. The maximum Gasteiger partial charge on any atom is 0.316 e. The summed E-state index contributed by atoms with van der Waals surface area (Å²) in [5.74, 6) is 0.901. The molecule has 0 fully saturated rings. The van der Waals surface area contributed by atoms with Gasteiger partial charge in [-0.1, -0.05) is 31.5 Å². The van der Waals surface area contributed by atoms with Gasteiger partial charge in [-0.2, -0.15) is 0 Å². The second kappa shape index (κ2) is 7.31. The highest BCUT2D eigenvalue weighted by Gasteiger charge is 2.21. The molecule has 0 spiro atoms. The van der Waals surface area contributed by atoms with Crippen molar-refractivity contribution in [2.24, 2.45) is 5.92 Å². The molecule has 0 aliphatic heterocycles. The molecule has 1 aromatic carbocycles. The molecule has 1 N–H and O–H groups in total. The topological polar surface area (TPSA) is 46.5 Å². The summed E-state index contributed by atoms with van der Waals surface area (Å²) >= 11 is 1.44. The first kappa shape index (κ1) is 14.9. The van der Waals surface area contributed by atoms with Gasteiger partial charge in [0.15, 0.2) is 0 Å². The highest BCUT2D eigenvalue weighted by molar-refractivity contribution is 8.00. The van der Waals surface area contributed by atoms with Crippen molar-refractivity contribution in [1.29, 1.82) is 0 Å². The Bertz CT molecular complexity index is 373. The fourth-order valence-corrected chi connectivity index (χ4v) is 2.48. The molecule has 1 unspecified atom stereocenters. The molecule has 4 heteroatoms. The van der Waals surface area contributed by atoms with Gasteiger partial charge in [0.1, 0.15) is 11.0 Å². The first-order valence-electron chi connectivity index (χ1n) is 6.04. The minimum Gasteiger partial charge on any atom is -0.493 e. The minimum absolute atomic E-state index is 0.131. The van der Waals surface area contributed by atoms with E-state index in [2.05, 4.69) is 0 Å². The monoisotopic (exact) mass is 268 g/mol. The first-order valence-corrected chi connectivity index (χ1v) is 7.09. The third kappa shape index (κ3) is 5.00. The second-order valence-corrected chi connectivity index (χ2v) is 5.78. The summed E-state index contributed by atoms with van der Waals surface area (Å²) in [5.41, 5.74) is 1.20. The summed E-state index contributed by atoms with van der Waals surface area (Å²) in [4.78, 5) is 11.0. The van der Waals surface area contributed by atoms with Gasteiger partial charge in [0.2, 0.25) is 0 Å². The lowest BCUT2D eigenvalue weighted by Gasteiger charge is -2.15. The van der Waals surface area contributed by atoms with Crippen LogP contribution in [0.25, 0.3) is 0 Å². The van der Waals surface area contributed by atoms with Crippen molar-refractivity contribution in [3.63, 3.8) is 0 Å². The number of hydrogen-bond donors (Lipinski definition) is 1. The fourth-order valence-electron chi connectivity index (χ4n) is 1.52. The molecule has 0 heterocycles. The molecule has 3 nitrogen and oxygen atoms in total. The van der Waals surface area contributed by atoms with Gasteiger partial charge in [-0.3, -0.25) is 4.79 Å². The standard InChI is InChI=1S/C14H20O3S/c1-10(2)13(14(15)16)18-9-8-17-12-6-4-11(3)5-7-12/h4-7,10,13H,8-9H2,1-3H3,(H,15,16). The highest BCUT2D eigenvalue weighted by atomic mass is 32.2. The van der Waals surface area contributed by atoms with Crippen LogP contribution >= 0.6 is 11.8 Å². The van der Waals surface area contributed by atoms with Crippen molar-refractivity contribution in [3.8, 4) is 5.75 Å². The van der Waals surface area contributed by atoms with Crippen molar-refractivity contribution < 1.29 is 14.6 Å². The van der Waals surface area contributed by atoms with Crippen molar-refractivity contribution in [3.05, 3.63) is 29.8 Å². The van der Waals surface area contributed by atoms with Crippen LogP contribution in [0.5, 0.6) is 5.75 Å². The summed E-state index contributed by atoms with van der Waals surface area (Å²) in [6, 6.07) is 7.85. The van der Waals surface area contributed by atoms with E-state index < -0.39 is 5.97 Å². The second-order valence-electron chi connectivity index (χ2n) is 4.54. The molecule has 0 bridgehead atoms. The van der Waals surface area contributed by atoms with E-state index in [1.54, 1.807) is 0 Å². The van der Waals surface area contributed by atoms with Crippen molar-refractivity contribution >= 4 is 17.7 Å². The van der Waals surface area contributed by atoms with Crippen LogP contribution in [0.4, 0.5) is 0 Å². The molecule has 1 aromatic rings. The molecule has 0 saturated carbocycles. The molecule has 0 saturated heterocycles. The summed E-state index contributed by atoms with van der Waals surface area (Å²) in [6.07, 6.45) is 0. The Hall–Kier alpha value is -1.16. The maximum absolute atomic E-state index is 11.0. The van der Waals surface area contributed by atoms with Gasteiger partial charge < -0.3 is 9.84 Å². The van der Waals surface area contributed by atoms with Crippen LogP contribution in [-0.4, -0.2) is 28.7 Å². The molecule has 0 aliphatic carbocycles. The molecular formula is C14H20O3S. The number of ether oxygens (including phenoxy) is 1. The van der Waals surface area contributed by atoms with Crippen molar-refractivity contribution in [2.45, 2.75) is 26.0 Å². The summed E-state index contributed by atoms with van der Waals surface area (Å²) in [7, 11) is 0. The molecular weight excluding hydrogens is 248 g/mol. The van der Waals surface area contributed by atoms with E-state index in [1.807, 2.05) is 45.0 Å². The number of thioether (sulfide) groups is 1. The quantitative estimate of drug-likeness (QED) is 0.771. The van der Waals surface area contributed by atoms with Crippen molar-refractivity contribution in [2.75, 3.05) is 12.4 Å². The van der Waals surface area contributed by atoms with E-state index in [0.29, 0.717) is 12.4 Å². The Kier molecular flexibility index (Phi) is 6.05. The molecule has 0 aliphatic rings. The maximum atomic E-state index is 11.0. The number of carboxylic acid groups (broad SMARTS) is 1. The lowest BCUT2D eigenvalue weighted by Crippen LogP contribution is -2.23. The fraction of sp³-hybridized carbons (Fsp3) is 0.500. The zero-order chi connectivity index (χ0) is 13.5. The number of benzene rings is 1. The van der Waals surface area contributed by atoms with Crippen LogP contribution < -0.4 is 4.74 Å². The van der Waals surface area contributed by atoms with Crippen LogP contribution in [0.1, 0.15) is 19.4 Å². The van der Waals surface area contributed by atoms with Gasteiger partial charge in [0.05, 0.1) is 6.61 Å². The van der Waals surface area contributed by atoms with Gasteiger partial charge in [-0.25, -0.2) is 0 Å². The molecule has 0 radical (unpaired) electrons. The lowest BCUT2D eigenvalue weighted by molar-refractivity contribution is -0.137. The van der Waals surface area contributed by atoms with Gasteiger partial charge in [0.25, 0.3) is 0 Å². The number of rotatable bonds is 7. The molecule has 1 atom stereocenters. The Labute approximate surface area is 113 Å². The van der Waals surface area contributed by atoms with E-state index in [1.165, 1.54) is 17.3 Å². The Morgan fingerprint density at radius 1 is 1.33 bits per heavy atom. The van der Waals surface area contributed by atoms with Gasteiger partial charge >= 0.3 is 5.97 Å². The number of aliphatic carboxylic acids is 1. The lowest BCUT2D eigenvalue weighted by atomic mass is 10.1. The predicted octanol–water partition coefficient (Wildman–Crippen LogP) is 3.22. The first-order chi connectivity index (χ1) is 8.50. The normalized spacial score (nSPS) is 12.4. The third-order valence-electron chi connectivity index (χ3n) is 2.52. The van der Waals surface area contributed by atoms with Gasteiger partial charge in [-0.15, -0.1) is 11.8 Å². The van der Waals surface area contributed by atoms with Crippen molar-refractivity contribution in [1.82, 2.24) is 0 Å². The molecule has 18 heavy (non-hydrogen) atoms. The largest absolute Gasteiger partial charge is 0.493 e. The molecule has 0 amide bonds. The summed E-state index contributed by atoms with van der Waals surface area (Å²) in [5, 5.41) is 8.67. The van der Waals surface area contributed by atoms with E-state index in [4.69, 9.17) is 9.84 Å². The number of carboxylic acids is 1. The van der Waals surface area contributed by atoms with Crippen LogP contribution in [-0.2, 0) is 4.79 Å². The smallest absolute Gasteiger partial charge is 0.316 e. The van der Waals surface area contributed by atoms with Crippen LogP contribution in [0.3, 0.4) is 0 Å². The van der Waals surface area contributed by atoms with Gasteiger partial charge in [0, 0.05) is 5.75 Å². The van der Waals surface area contributed by atoms with E-state index in [-0.39, 0.29) is 11.2 Å². The van der Waals surface area contributed by atoms with E-state index >= 15 is 0 Å². The average Bonchev–Trinajstić information content (AvgIpc) is 2.30. The average molecular weight is 268 g/mol. The summed E-state index contributed by atoms with van der Waals surface area (Å²) in [6.45, 7) is 6.41. The SMILES string of the molecule is Cc1ccc(OCCSC(C(=O)O)C(C)C)cc1. The van der Waals surface area contributed by atoms with E-state index in [0.717, 1.165) is 5.75 Å². The number of carbonyl (C=O) groups is 1. The Balaban J connectivity index is 2.29. The predicted molar refractivity (Wildman–Crippen MR) is 75.4 cm³/mol. The van der Waals surface area contributed by atoms with Crippen LogP contribution in [0.15, 0.2) is 24.3 Å². The summed E-state index contributed by atoms with van der Waals surface area (Å²) < 4.78 is 5.56. The van der Waals surface area contributed by atoms with Gasteiger partial charge in [-0.05, 0) is 25.0 Å². The molecule has 100 valence electrons.